The van der Waals surface area contributed by atoms with Gasteiger partial charge in [-0.05, 0) is 5.56 Å². The molecule has 2 saturated heterocycles. The maximum absolute atomic E-state index is 11.1. The van der Waals surface area contributed by atoms with Gasteiger partial charge in [-0.1, -0.05) is 30.3 Å². The fraction of sp³-hybridized carbons (Fsp3) is 0.462. The smallest absolute Gasteiger partial charge is 0.309 e. The van der Waals surface area contributed by atoms with Crippen LogP contribution in [0.1, 0.15) is 18.1 Å². The highest BCUT2D eigenvalue weighted by molar-refractivity contribution is 5.73. The molecule has 2 heterocycles. The van der Waals surface area contributed by atoms with Crippen LogP contribution in [0, 0.1) is 0 Å². The van der Waals surface area contributed by atoms with Gasteiger partial charge in [0, 0.05) is 0 Å². The predicted molar refractivity (Wildman–Crippen MR) is 60.6 cm³/mol. The second-order valence-electron chi connectivity index (χ2n) is 4.64. The number of hydrogen-bond acceptors (Lipinski definition) is 5. The first kappa shape index (κ1) is 11.6. The van der Waals surface area contributed by atoms with Crippen LogP contribution in [-0.4, -0.2) is 40.6 Å². The number of hydrogen-bond donors (Lipinski definition) is 2. The molecule has 1 aromatic rings. The van der Waals surface area contributed by atoms with E-state index in [2.05, 4.69) is 0 Å². The van der Waals surface area contributed by atoms with Gasteiger partial charge in [-0.2, -0.15) is 0 Å². The molecular weight excluding hydrogens is 236 g/mol. The highest BCUT2D eigenvalue weighted by Crippen LogP contribution is 2.36. The Balaban J connectivity index is 1.77. The van der Waals surface area contributed by atoms with E-state index in [1.165, 1.54) is 0 Å². The number of carbonyl (C=O) groups is 1. The molecule has 5 nitrogen and oxygen atoms in total. The van der Waals surface area contributed by atoms with Crippen LogP contribution in [0.3, 0.4) is 0 Å². The highest BCUT2D eigenvalue weighted by Gasteiger charge is 2.53. The van der Waals surface area contributed by atoms with Crippen molar-refractivity contribution >= 4 is 5.97 Å². The molecule has 0 bridgehead atoms. The summed E-state index contributed by atoms with van der Waals surface area (Å²) < 4.78 is 10.5. The monoisotopic (exact) mass is 250 g/mol. The third-order valence-electron chi connectivity index (χ3n) is 3.46. The molecule has 2 unspecified atom stereocenters. The fourth-order valence-electron chi connectivity index (χ4n) is 2.54. The Morgan fingerprint density at radius 2 is 2.00 bits per heavy atom. The summed E-state index contributed by atoms with van der Waals surface area (Å²) >= 11 is 0. The van der Waals surface area contributed by atoms with Crippen molar-refractivity contribution in [2.45, 2.75) is 36.9 Å². The fourth-order valence-corrected chi connectivity index (χ4v) is 2.54. The van der Waals surface area contributed by atoms with Gasteiger partial charge in [0.05, 0.1) is 6.42 Å². The summed E-state index contributed by atoms with van der Waals surface area (Å²) in [4.78, 5) is 11.1. The Kier molecular flexibility index (Phi) is 2.81. The average Bonchev–Trinajstić information content (AvgIpc) is 2.88. The van der Waals surface area contributed by atoms with Gasteiger partial charge < -0.3 is 19.7 Å². The van der Waals surface area contributed by atoms with Gasteiger partial charge in [-0.3, -0.25) is 4.79 Å². The van der Waals surface area contributed by atoms with E-state index >= 15 is 0 Å². The summed E-state index contributed by atoms with van der Waals surface area (Å²) in [7, 11) is 0. The number of esters is 1. The highest BCUT2D eigenvalue weighted by atomic mass is 16.6. The molecule has 0 spiro atoms. The van der Waals surface area contributed by atoms with Crippen molar-refractivity contribution in [1.29, 1.82) is 0 Å². The van der Waals surface area contributed by atoms with Crippen molar-refractivity contribution < 1.29 is 24.5 Å². The number of carbonyl (C=O) groups excluding carboxylic acids is 1. The van der Waals surface area contributed by atoms with Crippen molar-refractivity contribution in [2.75, 3.05) is 0 Å². The summed E-state index contributed by atoms with van der Waals surface area (Å²) in [6.45, 7) is 0. The second kappa shape index (κ2) is 4.35. The molecule has 2 aliphatic rings. The lowest BCUT2D eigenvalue weighted by molar-refractivity contribution is -0.147. The molecule has 0 aliphatic carbocycles. The molecule has 0 amide bonds. The van der Waals surface area contributed by atoms with E-state index in [1.807, 2.05) is 6.07 Å². The van der Waals surface area contributed by atoms with Crippen LogP contribution in [0.25, 0.3) is 0 Å². The molecule has 5 atom stereocenters. The zero-order chi connectivity index (χ0) is 12.7. The number of fused-ring (bicyclic) bond motifs is 1. The largest absolute Gasteiger partial charge is 0.457 e. The molecule has 2 N–H and O–H groups in total. The molecule has 0 saturated carbocycles. The van der Waals surface area contributed by atoms with E-state index in [9.17, 15) is 15.0 Å². The Hall–Kier alpha value is -1.43. The van der Waals surface area contributed by atoms with E-state index in [-0.39, 0.29) is 12.4 Å². The third-order valence-corrected chi connectivity index (χ3v) is 3.46. The molecule has 5 heteroatoms. The molecule has 0 aromatic heterocycles. The molecular formula is C13H14O5. The van der Waals surface area contributed by atoms with Crippen molar-refractivity contribution in [1.82, 2.24) is 0 Å². The second-order valence-corrected chi connectivity index (χ2v) is 4.64. The predicted octanol–water partition coefficient (Wildman–Crippen LogP) is 0.164. The molecule has 2 fully saturated rings. The minimum atomic E-state index is -0.989. The summed E-state index contributed by atoms with van der Waals surface area (Å²) in [6, 6.07) is 8.99. The number of rotatable bonds is 2. The van der Waals surface area contributed by atoms with Crippen molar-refractivity contribution in [2.24, 2.45) is 0 Å². The first-order valence-corrected chi connectivity index (χ1v) is 5.93. The van der Waals surface area contributed by atoms with Gasteiger partial charge >= 0.3 is 5.97 Å². The Morgan fingerprint density at radius 1 is 1.28 bits per heavy atom. The number of benzene rings is 1. The van der Waals surface area contributed by atoms with Gasteiger partial charge in [-0.15, -0.1) is 0 Å². The van der Waals surface area contributed by atoms with Crippen LogP contribution in [0.2, 0.25) is 0 Å². The zero-order valence-electron chi connectivity index (χ0n) is 9.60. The van der Waals surface area contributed by atoms with E-state index in [1.54, 1.807) is 24.3 Å². The number of aliphatic hydroxyl groups excluding tert-OH is 2. The normalized spacial score (nSPS) is 36.2. The van der Waals surface area contributed by atoms with E-state index in [0.29, 0.717) is 5.56 Å². The standard InChI is InChI=1S/C13H14O5/c14-9-6-8-12(18-9)11(16)13(17-8)10(15)7-4-2-1-3-5-7/h1-5,8,10-13,15-16H,6H2/t8-,10+,11?,12+,13?/m1/s1. The average molecular weight is 250 g/mol. The Bertz CT molecular complexity index is 446. The van der Waals surface area contributed by atoms with Crippen molar-refractivity contribution in [3.8, 4) is 0 Å². The third kappa shape index (κ3) is 1.80. The van der Waals surface area contributed by atoms with Crippen LogP contribution in [0.15, 0.2) is 30.3 Å². The lowest BCUT2D eigenvalue weighted by Crippen LogP contribution is -2.35. The topological polar surface area (TPSA) is 76.0 Å². The van der Waals surface area contributed by atoms with Crippen LogP contribution in [0.5, 0.6) is 0 Å². The minimum Gasteiger partial charge on any atom is -0.457 e. The maximum atomic E-state index is 11.1. The summed E-state index contributed by atoms with van der Waals surface area (Å²) in [5, 5.41) is 20.2. The zero-order valence-corrected chi connectivity index (χ0v) is 9.60. The van der Waals surface area contributed by atoms with E-state index < -0.39 is 30.5 Å². The molecule has 0 radical (unpaired) electrons. The summed E-state index contributed by atoms with van der Waals surface area (Å²) in [5.74, 6) is -0.364. The summed E-state index contributed by atoms with van der Waals surface area (Å²) in [5.41, 5.74) is 0.674. The molecule has 2 aliphatic heterocycles. The first-order valence-electron chi connectivity index (χ1n) is 5.93. The molecule has 96 valence electrons. The van der Waals surface area contributed by atoms with Gasteiger partial charge in [0.15, 0.2) is 6.10 Å². The molecule has 3 rings (SSSR count). The van der Waals surface area contributed by atoms with E-state index in [4.69, 9.17) is 9.47 Å². The van der Waals surface area contributed by atoms with Gasteiger partial charge in [-0.25, -0.2) is 0 Å². The van der Waals surface area contributed by atoms with Crippen molar-refractivity contribution in [3.63, 3.8) is 0 Å². The van der Waals surface area contributed by atoms with Crippen molar-refractivity contribution in [3.05, 3.63) is 35.9 Å². The number of ether oxygens (including phenoxy) is 2. The first-order chi connectivity index (χ1) is 8.66. The van der Waals surface area contributed by atoms with Crippen LogP contribution >= 0.6 is 0 Å². The lowest BCUT2D eigenvalue weighted by Gasteiger charge is -2.22. The SMILES string of the molecule is O=C1C[C@H]2OC([C@@H](O)c3ccccc3)C(O)[C@H]2O1. The quantitative estimate of drug-likeness (QED) is 0.731. The van der Waals surface area contributed by atoms with Crippen LogP contribution < -0.4 is 0 Å². The minimum absolute atomic E-state index is 0.139. The van der Waals surface area contributed by atoms with Gasteiger partial charge in [0.25, 0.3) is 0 Å². The summed E-state index contributed by atoms with van der Waals surface area (Å²) in [6.07, 6.45) is -3.63. The van der Waals surface area contributed by atoms with E-state index in [0.717, 1.165) is 0 Å². The Labute approximate surface area is 104 Å². The molecule has 18 heavy (non-hydrogen) atoms. The van der Waals surface area contributed by atoms with Gasteiger partial charge in [0.2, 0.25) is 0 Å². The van der Waals surface area contributed by atoms with Crippen LogP contribution in [0.4, 0.5) is 0 Å². The Morgan fingerprint density at radius 3 is 2.67 bits per heavy atom. The maximum Gasteiger partial charge on any atom is 0.309 e. The van der Waals surface area contributed by atoms with Crippen LogP contribution in [-0.2, 0) is 14.3 Å². The van der Waals surface area contributed by atoms with Gasteiger partial charge in [0.1, 0.15) is 24.4 Å². The molecule has 1 aromatic carbocycles. The number of aliphatic hydroxyl groups is 2. The lowest BCUT2D eigenvalue weighted by atomic mass is 9.99.